The number of hydrogen-bond donors (Lipinski definition) is 2. The van der Waals surface area contributed by atoms with E-state index in [1.807, 2.05) is 42.5 Å². The van der Waals surface area contributed by atoms with Crippen molar-refractivity contribution in [2.75, 3.05) is 0 Å². The van der Waals surface area contributed by atoms with E-state index in [9.17, 15) is 4.79 Å². The summed E-state index contributed by atoms with van der Waals surface area (Å²) >= 11 is 0. The van der Waals surface area contributed by atoms with Crippen LogP contribution in [0.25, 0.3) is 23.3 Å². The van der Waals surface area contributed by atoms with Gasteiger partial charge in [0.2, 0.25) is 0 Å². The molecule has 2 N–H and O–H groups in total. The second kappa shape index (κ2) is 7.35. The van der Waals surface area contributed by atoms with Gasteiger partial charge in [-0.15, -0.1) is 0 Å². The maximum Gasteiger partial charge on any atom is 0.274 e. The summed E-state index contributed by atoms with van der Waals surface area (Å²) in [4.78, 5) is 15.6. The minimum absolute atomic E-state index is 0.353. The highest BCUT2D eigenvalue weighted by Gasteiger charge is 2.03. The molecule has 0 aliphatic rings. The number of carbonyl (C=O) groups is 1. The van der Waals surface area contributed by atoms with Crippen molar-refractivity contribution in [1.29, 1.82) is 0 Å². The van der Waals surface area contributed by atoms with Crippen molar-refractivity contribution >= 4 is 18.1 Å². The van der Waals surface area contributed by atoms with Gasteiger partial charge in [-0.2, -0.15) is 0 Å². The van der Waals surface area contributed by atoms with Gasteiger partial charge < -0.3 is 0 Å². The van der Waals surface area contributed by atoms with Crippen LogP contribution < -0.4 is 5.48 Å². The van der Waals surface area contributed by atoms with Crippen molar-refractivity contribution < 1.29 is 10.0 Å². The molecule has 1 heterocycles. The molecule has 4 heteroatoms. The average molecular weight is 316 g/mol. The van der Waals surface area contributed by atoms with Crippen molar-refractivity contribution in [3.05, 3.63) is 89.7 Å². The molecule has 0 bridgehead atoms. The lowest BCUT2D eigenvalue weighted by Gasteiger charge is -2.02. The quantitative estimate of drug-likeness (QED) is 0.564. The molecule has 0 aliphatic heterocycles. The third kappa shape index (κ3) is 3.74. The van der Waals surface area contributed by atoms with E-state index in [4.69, 9.17) is 5.21 Å². The van der Waals surface area contributed by atoms with Crippen LogP contribution in [-0.4, -0.2) is 16.1 Å². The lowest BCUT2D eigenvalue weighted by Crippen LogP contribution is -2.18. The highest BCUT2D eigenvalue weighted by Crippen LogP contribution is 2.20. The van der Waals surface area contributed by atoms with E-state index in [-0.39, 0.29) is 0 Å². The number of hydrogen-bond acceptors (Lipinski definition) is 3. The summed E-state index contributed by atoms with van der Waals surface area (Å²) in [6.07, 6.45) is 5.28. The molecule has 0 saturated heterocycles. The number of hydroxylamine groups is 1. The van der Waals surface area contributed by atoms with Crippen LogP contribution in [0.2, 0.25) is 0 Å². The summed E-state index contributed by atoms with van der Waals surface area (Å²) < 4.78 is 0. The number of carbonyl (C=O) groups excluding carboxylic acids is 1. The monoisotopic (exact) mass is 316 g/mol. The Morgan fingerprint density at radius 2 is 1.62 bits per heavy atom. The normalized spacial score (nSPS) is 10.7. The Morgan fingerprint density at radius 3 is 2.33 bits per heavy atom. The molecular weight excluding hydrogens is 300 g/mol. The third-order valence-electron chi connectivity index (χ3n) is 3.61. The van der Waals surface area contributed by atoms with Gasteiger partial charge in [0.1, 0.15) is 0 Å². The highest BCUT2D eigenvalue weighted by atomic mass is 16.5. The number of pyridine rings is 1. The van der Waals surface area contributed by atoms with Gasteiger partial charge in [0.05, 0.1) is 5.69 Å². The van der Waals surface area contributed by atoms with Crippen LogP contribution >= 0.6 is 0 Å². The molecule has 0 radical (unpaired) electrons. The maximum atomic E-state index is 11.4. The van der Waals surface area contributed by atoms with E-state index < -0.39 is 5.91 Å². The minimum atomic E-state index is -0.556. The largest absolute Gasteiger partial charge is 0.288 e. The van der Waals surface area contributed by atoms with Gasteiger partial charge in [-0.1, -0.05) is 60.7 Å². The van der Waals surface area contributed by atoms with E-state index >= 15 is 0 Å². The number of rotatable bonds is 4. The molecule has 3 rings (SSSR count). The van der Waals surface area contributed by atoms with Crippen LogP contribution in [-0.2, 0) is 0 Å². The number of nitrogens with one attached hydrogen (secondary N) is 1. The summed E-state index contributed by atoms with van der Waals surface area (Å²) in [5.41, 5.74) is 5.98. The van der Waals surface area contributed by atoms with Gasteiger partial charge in [-0.3, -0.25) is 15.0 Å². The SMILES string of the molecule is O=C(NO)c1ccnc(/C=C/c2ccc(-c3ccccc3)cc2)c1. The predicted molar refractivity (Wildman–Crippen MR) is 94.3 cm³/mol. The Balaban J connectivity index is 1.76. The maximum absolute atomic E-state index is 11.4. The first kappa shape index (κ1) is 15.6. The molecule has 0 unspecified atom stereocenters. The molecule has 0 fully saturated rings. The lowest BCUT2D eigenvalue weighted by atomic mass is 10.0. The van der Waals surface area contributed by atoms with Crippen molar-refractivity contribution in [3.8, 4) is 11.1 Å². The topological polar surface area (TPSA) is 62.2 Å². The Labute approximate surface area is 140 Å². The summed E-state index contributed by atoms with van der Waals surface area (Å²) in [5, 5.41) is 8.67. The second-order valence-corrected chi connectivity index (χ2v) is 5.23. The van der Waals surface area contributed by atoms with Crippen molar-refractivity contribution in [2.45, 2.75) is 0 Å². The fourth-order valence-electron chi connectivity index (χ4n) is 2.34. The van der Waals surface area contributed by atoms with Gasteiger partial charge in [-0.25, -0.2) is 5.48 Å². The van der Waals surface area contributed by atoms with E-state index in [2.05, 4.69) is 29.2 Å². The molecule has 24 heavy (non-hydrogen) atoms. The Hall–Kier alpha value is -3.24. The van der Waals surface area contributed by atoms with Crippen LogP contribution in [0, 0.1) is 0 Å². The molecule has 3 aromatic rings. The van der Waals surface area contributed by atoms with E-state index in [0.717, 1.165) is 11.1 Å². The average Bonchev–Trinajstić information content (AvgIpc) is 2.67. The number of nitrogens with zero attached hydrogens (tertiary/aromatic N) is 1. The molecule has 1 aromatic heterocycles. The van der Waals surface area contributed by atoms with Crippen LogP contribution in [0.3, 0.4) is 0 Å². The van der Waals surface area contributed by atoms with Crippen molar-refractivity contribution in [1.82, 2.24) is 10.5 Å². The van der Waals surface area contributed by atoms with Crippen molar-refractivity contribution in [3.63, 3.8) is 0 Å². The lowest BCUT2D eigenvalue weighted by molar-refractivity contribution is 0.0706. The molecule has 4 nitrogen and oxygen atoms in total. The first-order valence-corrected chi connectivity index (χ1v) is 7.50. The molecule has 0 aliphatic carbocycles. The predicted octanol–water partition coefficient (Wildman–Crippen LogP) is 4.04. The minimum Gasteiger partial charge on any atom is -0.288 e. The zero-order valence-corrected chi connectivity index (χ0v) is 12.9. The summed E-state index contributed by atoms with van der Waals surface area (Å²) in [5.74, 6) is -0.556. The Kier molecular flexibility index (Phi) is 4.79. The van der Waals surface area contributed by atoms with Crippen LogP contribution in [0.1, 0.15) is 21.6 Å². The smallest absolute Gasteiger partial charge is 0.274 e. The highest BCUT2D eigenvalue weighted by molar-refractivity contribution is 5.93. The number of amides is 1. The fourth-order valence-corrected chi connectivity index (χ4v) is 2.34. The van der Waals surface area contributed by atoms with Gasteiger partial charge in [0, 0.05) is 11.8 Å². The van der Waals surface area contributed by atoms with Crippen LogP contribution in [0.4, 0.5) is 0 Å². The first-order chi connectivity index (χ1) is 11.8. The molecule has 118 valence electrons. The standard InChI is InChI=1S/C20H16N2O2/c23-20(22-24)18-12-13-21-19(14-18)11-8-15-6-9-17(10-7-15)16-4-2-1-3-5-16/h1-14,24H,(H,22,23)/b11-8+. The molecule has 0 atom stereocenters. The second-order valence-electron chi connectivity index (χ2n) is 5.23. The molecular formula is C20H16N2O2. The van der Waals surface area contributed by atoms with Crippen LogP contribution in [0.15, 0.2) is 72.9 Å². The Bertz CT molecular complexity index is 856. The van der Waals surface area contributed by atoms with E-state index in [1.165, 1.54) is 17.8 Å². The van der Waals surface area contributed by atoms with Crippen LogP contribution in [0.5, 0.6) is 0 Å². The van der Waals surface area contributed by atoms with E-state index in [1.54, 1.807) is 11.5 Å². The van der Waals surface area contributed by atoms with Gasteiger partial charge >= 0.3 is 0 Å². The molecule has 0 saturated carbocycles. The van der Waals surface area contributed by atoms with Gasteiger partial charge in [-0.05, 0) is 34.9 Å². The fraction of sp³-hybridized carbons (Fsp3) is 0. The number of benzene rings is 2. The van der Waals surface area contributed by atoms with Crippen molar-refractivity contribution in [2.24, 2.45) is 0 Å². The van der Waals surface area contributed by atoms with E-state index in [0.29, 0.717) is 11.3 Å². The van der Waals surface area contributed by atoms with Gasteiger partial charge in [0.15, 0.2) is 0 Å². The third-order valence-corrected chi connectivity index (χ3v) is 3.61. The first-order valence-electron chi connectivity index (χ1n) is 7.50. The zero-order valence-electron chi connectivity index (χ0n) is 12.9. The molecule has 0 spiro atoms. The summed E-state index contributed by atoms with van der Waals surface area (Å²) in [7, 11) is 0. The molecule has 2 aromatic carbocycles. The number of aromatic nitrogens is 1. The molecule has 1 amide bonds. The zero-order chi connectivity index (χ0) is 16.8. The summed E-state index contributed by atoms with van der Waals surface area (Å²) in [6, 6.07) is 21.5. The summed E-state index contributed by atoms with van der Waals surface area (Å²) in [6.45, 7) is 0. The van der Waals surface area contributed by atoms with Gasteiger partial charge in [0.25, 0.3) is 5.91 Å². The Morgan fingerprint density at radius 1 is 0.917 bits per heavy atom.